The van der Waals surface area contributed by atoms with Crippen molar-refractivity contribution in [2.45, 2.75) is 6.92 Å². The Kier molecular flexibility index (Phi) is 4.15. The number of nitrogens with two attached hydrogens (primary N) is 1. The summed E-state index contributed by atoms with van der Waals surface area (Å²) < 4.78 is 6.68. The van der Waals surface area contributed by atoms with Crippen LogP contribution in [0.5, 0.6) is 5.75 Å². The Balaban J connectivity index is 2.17. The minimum Gasteiger partial charge on any atom is -0.497 e. The number of nitriles is 1. The van der Waals surface area contributed by atoms with Crippen LogP contribution in [0, 0.1) is 18.3 Å². The van der Waals surface area contributed by atoms with Crippen molar-refractivity contribution in [1.82, 2.24) is 9.78 Å². The topological polar surface area (TPSA) is 76.9 Å². The summed E-state index contributed by atoms with van der Waals surface area (Å²) in [7, 11) is 1.60. The summed E-state index contributed by atoms with van der Waals surface area (Å²) >= 11 is 6.32. The van der Waals surface area contributed by atoms with E-state index in [1.54, 1.807) is 19.2 Å². The van der Waals surface area contributed by atoms with Crippen LogP contribution < -0.4 is 10.5 Å². The Labute approximate surface area is 144 Å². The molecule has 1 heterocycles. The van der Waals surface area contributed by atoms with Gasteiger partial charge in [0.15, 0.2) is 0 Å². The summed E-state index contributed by atoms with van der Waals surface area (Å²) in [4.78, 5) is 0. The van der Waals surface area contributed by atoms with E-state index in [9.17, 15) is 5.26 Å². The number of rotatable bonds is 3. The Morgan fingerprint density at radius 3 is 2.50 bits per heavy atom. The van der Waals surface area contributed by atoms with Gasteiger partial charge in [-0.15, -0.1) is 0 Å². The molecule has 5 nitrogen and oxygen atoms in total. The van der Waals surface area contributed by atoms with Crippen LogP contribution in [-0.2, 0) is 0 Å². The summed E-state index contributed by atoms with van der Waals surface area (Å²) in [5.74, 6) is 1.00. The third kappa shape index (κ3) is 2.68. The molecule has 0 saturated heterocycles. The molecule has 0 aliphatic heterocycles. The molecule has 0 radical (unpaired) electrons. The highest BCUT2D eigenvalue weighted by Gasteiger charge is 2.19. The zero-order chi connectivity index (χ0) is 17.3. The lowest BCUT2D eigenvalue weighted by molar-refractivity contribution is 0.414. The maximum atomic E-state index is 9.50. The van der Waals surface area contributed by atoms with Gasteiger partial charge in [0.2, 0.25) is 0 Å². The Bertz CT molecular complexity index is 939. The molecule has 2 N–H and O–H groups in total. The fraction of sp³-hybridized carbons (Fsp3) is 0.111. The molecule has 0 amide bonds. The molecule has 0 atom stereocenters. The van der Waals surface area contributed by atoms with Crippen molar-refractivity contribution < 1.29 is 4.74 Å². The number of aromatic nitrogens is 2. The van der Waals surface area contributed by atoms with Crippen LogP contribution in [0.3, 0.4) is 0 Å². The van der Waals surface area contributed by atoms with Crippen LogP contribution in [0.4, 0.5) is 5.82 Å². The van der Waals surface area contributed by atoms with Crippen molar-refractivity contribution >= 4 is 17.4 Å². The number of hydrogen-bond donors (Lipinski definition) is 1. The van der Waals surface area contributed by atoms with E-state index in [0.29, 0.717) is 21.8 Å². The molecule has 3 aromatic rings. The van der Waals surface area contributed by atoms with Crippen molar-refractivity contribution in [1.29, 1.82) is 5.26 Å². The molecule has 3 rings (SSSR count). The minimum atomic E-state index is 0.273. The molecule has 0 unspecified atom stereocenters. The summed E-state index contributed by atoms with van der Waals surface area (Å²) in [6, 6.07) is 15.0. The Morgan fingerprint density at radius 2 is 1.92 bits per heavy atom. The Hall–Kier alpha value is -2.97. The molecule has 0 fully saturated rings. The molecule has 2 aromatic carbocycles. The first-order chi connectivity index (χ1) is 11.5. The van der Waals surface area contributed by atoms with Crippen LogP contribution in [-0.4, -0.2) is 16.9 Å². The van der Waals surface area contributed by atoms with Gasteiger partial charge in [0.1, 0.15) is 28.9 Å². The monoisotopic (exact) mass is 338 g/mol. The lowest BCUT2D eigenvalue weighted by Gasteiger charge is -2.05. The zero-order valence-corrected chi connectivity index (χ0v) is 14.0. The third-order valence-electron chi connectivity index (χ3n) is 3.73. The molecule has 120 valence electrons. The molecule has 0 spiro atoms. The van der Waals surface area contributed by atoms with Gasteiger partial charge in [0.05, 0.1) is 17.8 Å². The van der Waals surface area contributed by atoms with E-state index in [1.807, 2.05) is 37.3 Å². The van der Waals surface area contributed by atoms with Gasteiger partial charge in [-0.1, -0.05) is 23.7 Å². The van der Waals surface area contributed by atoms with E-state index in [0.717, 1.165) is 17.0 Å². The van der Waals surface area contributed by atoms with Gasteiger partial charge in [0.25, 0.3) is 0 Å². The summed E-state index contributed by atoms with van der Waals surface area (Å²) in [5, 5.41) is 14.5. The number of benzene rings is 2. The van der Waals surface area contributed by atoms with Crippen LogP contribution in [0.1, 0.15) is 11.1 Å². The summed E-state index contributed by atoms with van der Waals surface area (Å²) in [5.41, 5.74) is 9.36. The summed E-state index contributed by atoms with van der Waals surface area (Å²) in [6.07, 6.45) is 0. The van der Waals surface area contributed by atoms with E-state index < -0.39 is 0 Å². The van der Waals surface area contributed by atoms with Crippen molar-refractivity contribution in [2.75, 3.05) is 12.8 Å². The number of nitrogen functional groups attached to an aromatic ring is 1. The van der Waals surface area contributed by atoms with Gasteiger partial charge in [0, 0.05) is 5.56 Å². The first kappa shape index (κ1) is 15.9. The minimum absolute atomic E-state index is 0.273. The first-order valence-corrected chi connectivity index (χ1v) is 7.62. The fourth-order valence-electron chi connectivity index (χ4n) is 2.46. The molecular weight excluding hydrogens is 324 g/mol. The van der Waals surface area contributed by atoms with Gasteiger partial charge in [-0.3, -0.25) is 0 Å². The number of hydrogen-bond acceptors (Lipinski definition) is 4. The molecule has 6 heteroatoms. The molecule has 0 bridgehead atoms. The predicted octanol–water partition coefficient (Wildman–Crippen LogP) is 3.96. The average molecular weight is 339 g/mol. The number of ether oxygens (including phenoxy) is 1. The van der Waals surface area contributed by atoms with E-state index in [4.69, 9.17) is 22.1 Å². The van der Waals surface area contributed by atoms with Crippen LogP contribution in [0.25, 0.3) is 16.9 Å². The van der Waals surface area contributed by atoms with Gasteiger partial charge >= 0.3 is 0 Å². The number of anilines is 1. The highest BCUT2D eigenvalue weighted by Crippen LogP contribution is 2.33. The van der Waals surface area contributed by atoms with Crippen LogP contribution >= 0.6 is 11.6 Å². The van der Waals surface area contributed by atoms with Crippen molar-refractivity contribution in [2.24, 2.45) is 0 Å². The predicted molar refractivity (Wildman–Crippen MR) is 94.4 cm³/mol. The second-order valence-electron chi connectivity index (χ2n) is 5.31. The van der Waals surface area contributed by atoms with E-state index in [1.165, 1.54) is 4.68 Å². The third-order valence-corrected chi connectivity index (χ3v) is 4.04. The number of halogens is 1. The second-order valence-corrected chi connectivity index (χ2v) is 5.72. The largest absolute Gasteiger partial charge is 0.497 e. The molecule has 0 aliphatic rings. The number of aryl methyl sites for hydroxylation is 1. The smallest absolute Gasteiger partial charge is 0.145 e. The first-order valence-electron chi connectivity index (χ1n) is 7.24. The van der Waals surface area contributed by atoms with Crippen LogP contribution in [0.2, 0.25) is 5.02 Å². The van der Waals surface area contributed by atoms with Gasteiger partial charge < -0.3 is 10.5 Å². The van der Waals surface area contributed by atoms with Gasteiger partial charge in [-0.05, 0) is 42.8 Å². The lowest BCUT2D eigenvalue weighted by Crippen LogP contribution is -2.02. The highest BCUT2D eigenvalue weighted by molar-refractivity contribution is 6.33. The standard InChI is InChI=1S/C18H15ClN4O/c1-11-3-8-14(16(19)9-11)17-15(10-20)18(21)23(22-17)12-4-6-13(24-2)7-5-12/h3-9H,21H2,1-2H3. The SMILES string of the molecule is COc1ccc(-n2nc(-c3ccc(C)cc3Cl)c(C#N)c2N)cc1. The maximum Gasteiger partial charge on any atom is 0.145 e. The van der Waals surface area contributed by atoms with Crippen molar-refractivity contribution in [3.63, 3.8) is 0 Å². The molecular formula is C18H15ClN4O. The molecule has 0 saturated carbocycles. The van der Waals surface area contributed by atoms with E-state index >= 15 is 0 Å². The van der Waals surface area contributed by atoms with E-state index in [2.05, 4.69) is 11.2 Å². The lowest BCUT2D eigenvalue weighted by atomic mass is 10.1. The fourth-order valence-corrected chi connectivity index (χ4v) is 2.79. The molecule has 0 aliphatic carbocycles. The number of nitrogens with zero attached hydrogens (tertiary/aromatic N) is 3. The van der Waals surface area contributed by atoms with Crippen LogP contribution in [0.15, 0.2) is 42.5 Å². The van der Waals surface area contributed by atoms with Gasteiger partial charge in [-0.25, -0.2) is 4.68 Å². The number of methoxy groups -OCH3 is 1. The van der Waals surface area contributed by atoms with Crippen molar-refractivity contribution in [3.8, 4) is 28.8 Å². The van der Waals surface area contributed by atoms with E-state index in [-0.39, 0.29) is 5.82 Å². The molecule has 1 aromatic heterocycles. The quantitative estimate of drug-likeness (QED) is 0.784. The van der Waals surface area contributed by atoms with Crippen molar-refractivity contribution in [3.05, 3.63) is 58.6 Å². The zero-order valence-electron chi connectivity index (χ0n) is 13.2. The Morgan fingerprint density at radius 1 is 1.21 bits per heavy atom. The molecule has 24 heavy (non-hydrogen) atoms. The highest BCUT2D eigenvalue weighted by atomic mass is 35.5. The second kappa shape index (κ2) is 6.26. The average Bonchev–Trinajstić information content (AvgIpc) is 2.91. The maximum absolute atomic E-state index is 9.50. The van der Waals surface area contributed by atoms with Gasteiger partial charge in [-0.2, -0.15) is 10.4 Å². The normalized spacial score (nSPS) is 10.4. The summed E-state index contributed by atoms with van der Waals surface area (Å²) in [6.45, 7) is 1.95.